The highest BCUT2D eigenvalue weighted by atomic mass is 32.1. The first kappa shape index (κ1) is 15.4. The van der Waals surface area contributed by atoms with E-state index in [1.54, 1.807) is 7.05 Å². The summed E-state index contributed by atoms with van der Waals surface area (Å²) in [4.78, 5) is 0. The number of hydrogen-bond acceptors (Lipinski definition) is 5. The number of rotatable bonds is 8. The van der Waals surface area contributed by atoms with Crippen LogP contribution >= 0.6 is 25.3 Å². The summed E-state index contributed by atoms with van der Waals surface area (Å²) < 4.78 is 27.5. The van der Waals surface area contributed by atoms with Crippen molar-refractivity contribution in [2.75, 3.05) is 38.7 Å². The van der Waals surface area contributed by atoms with Gasteiger partial charge in [-0.3, -0.25) is 10.6 Å². The Morgan fingerprint density at radius 2 is 1.53 bits per heavy atom. The smallest absolute Gasteiger partial charge is 0.183 e. The highest BCUT2D eigenvalue weighted by Crippen LogP contribution is 2.12. The van der Waals surface area contributed by atoms with Gasteiger partial charge in [0.1, 0.15) is 0 Å². The Balaban J connectivity index is 4.20. The van der Waals surface area contributed by atoms with Crippen molar-refractivity contribution in [3.05, 3.63) is 0 Å². The quantitative estimate of drug-likeness (QED) is 0.319. The largest absolute Gasteiger partial charge is 0.315 e. The van der Waals surface area contributed by atoms with Crippen molar-refractivity contribution < 1.29 is 8.78 Å². The zero-order chi connectivity index (χ0) is 11.9. The fourth-order valence-corrected chi connectivity index (χ4v) is 1.47. The van der Waals surface area contributed by atoms with Crippen LogP contribution in [0.2, 0.25) is 0 Å². The molecule has 7 heteroatoms. The van der Waals surface area contributed by atoms with Crippen LogP contribution in [0.3, 0.4) is 0 Å². The van der Waals surface area contributed by atoms with E-state index in [0.717, 1.165) is 0 Å². The fourth-order valence-electron chi connectivity index (χ4n) is 0.976. The van der Waals surface area contributed by atoms with Crippen LogP contribution in [0.1, 0.15) is 0 Å². The van der Waals surface area contributed by atoms with Gasteiger partial charge in [0, 0.05) is 24.6 Å². The number of alkyl halides is 2. The van der Waals surface area contributed by atoms with Crippen molar-refractivity contribution in [2.24, 2.45) is 0 Å². The minimum absolute atomic E-state index is 0.0276. The van der Waals surface area contributed by atoms with E-state index in [9.17, 15) is 8.78 Å². The van der Waals surface area contributed by atoms with Crippen molar-refractivity contribution in [1.29, 1.82) is 0 Å². The van der Waals surface area contributed by atoms with Crippen molar-refractivity contribution in [3.63, 3.8) is 0 Å². The zero-order valence-electron chi connectivity index (χ0n) is 8.98. The summed E-state index contributed by atoms with van der Waals surface area (Å²) in [6.45, 7) is -0.0887. The van der Waals surface area contributed by atoms with E-state index < -0.39 is 11.6 Å². The van der Waals surface area contributed by atoms with E-state index in [2.05, 4.69) is 41.2 Å². The number of thiol groups is 2. The maximum atomic E-state index is 13.9. The molecule has 0 aromatic rings. The maximum absolute atomic E-state index is 13.9. The van der Waals surface area contributed by atoms with Crippen LogP contribution < -0.4 is 16.0 Å². The van der Waals surface area contributed by atoms with Crippen molar-refractivity contribution in [1.82, 2.24) is 16.0 Å². The second-order valence-electron chi connectivity index (χ2n) is 3.38. The van der Waals surface area contributed by atoms with E-state index in [1.807, 2.05) is 0 Å². The van der Waals surface area contributed by atoms with Gasteiger partial charge in [0.25, 0.3) is 0 Å². The molecule has 0 bridgehead atoms. The van der Waals surface area contributed by atoms with Crippen LogP contribution in [0.5, 0.6) is 0 Å². The van der Waals surface area contributed by atoms with Crippen molar-refractivity contribution >= 4 is 25.3 Å². The molecule has 0 saturated carbocycles. The van der Waals surface area contributed by atoms with Crippen LogP contribution in [0.4, 0.5) is 8.78 Å². The van der Waals surface area contributed by atoms with Crippen LogP contribution in [0.25, 0.3) is 0 Å². The molecule has 0 amide bonds. The first-order chi connectivity index (χ1) is 6.95. The number of likely N-dealkylation sites (N-methyl/N-ethyl adjacent to an activating group) is 2. The normalized spacial score (nSPS) is 19.6. The van der Waals surface area contributed by atoms with Gasteiger partial charge in [-0.25, -0.2) is 8.78 Å². The van der Waals surface area contributed by atoms with Crippen molar-refractivity contribution in [3.8, 4) is 0 Å². The molecule has 0 aliphatic rings. The topological polar surface area (TPSA) is 36.1 Å². The van der Waals surface area contributed by atoms with Crippen LogP contribution in [0, 0.1) is 0 Å². The monoisotopic (exact) mass is 259 g/mol. The van der Waals surface area contributed by atoms with Gasteiger partial charge in [0.2, 0.25) is 0 Å². The zero-order valence-corrected chi connectivity index (χ0v) is 10.8. The first-order valence-corrected chi connectivity index (χ1v) is 5.90. The van der Waals surface area contributed by atoms with Crippen LogP contribution in [-0.4, -0.2) is 50.3 Å². The molecule has 92 valence electrons. The molecular formula is C8H19F2N3S2. The molecule has 0 heterocycles. The lowest BCUT2D eigenvalue weighted by molar-refractivity contribution is 0.0870. The average molecular weight is 259 g/mol. The van der Waals surface area contributed by atoms with E-state index in [1.165, 1.54) is 7.05 Å². The van der Waals surface area contributed by atoms with Gasteiger partial charge in [-0.05, 0) is 14.1 Å². The Hall–Kier alpha value is 0.440. The third-order valence-electron chi connectivity index (χ3n) is 2.09. The summed E-state index contributed by atoms with van der Waals surface area (Å²) in [5.41, 5.74) is 0. The average Bonchev–Trinajstić information content (AvgIpc) is 2.26. The van der Waals surface area contributed by atoms with Crippen molar-refractivity contribution in [2.45, 2.75) is 11.6 Å². The van der Waals surface area contributed by atoms with E-state index >= 15 is 0 Å². The molecule has 0 unspecified atom stereocenters. The Kier molecular flexibility index (Phi) is 7.10. The lowest BCUT2D eigenvalue weighted by atomic mass is 10.2. The summed E-state index contributed by atoms with van der Waals surface area (Å²) in [6, 6.07) is 0. The second-order valence-corrected chi connectivity index (χ2v) is 4.01. The van der Waals surface area contributed by atoms with Gasteiger partial charge >= 0.3 is 0 Å². The molecule has 3 N–H and O–H groups in total. The molecule has 0 saturated heterocycles. The lowest BCUT2D eigenvalue weighted by Gasteiger charge is -2.30. The van der Waals surface area contributed by atoms with E-state index in [-0.39, 0.29) is 24.6 Å². The summed E-state index contributed by atoms with van der Waals surface area (Å²) in [7, 11) is 3.09. The summed E-state index contributed by atoms with van der Waals surface area (Å²) in [5.74, 6) is -3.48. The molecule has 0 radical (unpaired) electrons. The first-order valence-electron chi connectivity index (χ1n) is 4.63. The summed E-state index contributed by atoms with van der Waals surface area (Å²) in [5, 5.41) is 7.63. The van der Waals surface area contributed by atoms with Gasteiger partial charge in [-0.2, -0.15) is 25.3 Å². The van der Waals surface area contributed by atoms with Gasteiger partial charge in [0.05, 0.1) is 0 Å². The van der Waals surface area contributed by atoms with Gasteiger partial charge in [-0.1, -0.05) is 0 Å². The van der Waals surface area contributed by atoms with Crippen LogP contribution in [0.15, 0.2) is 0 Å². The molecule has 0 aromatic carbocycles. The Morgan fingerprint density at radius 3 is 1.87 bits per heavy atom. The Bertz CT molecular complexity index is 181. The predicted octanol–water partition coefficient (Wildman–Crippen LogP) is 0.206. The minimum Gasteiger partial charge on any atom is -0.315 e. The molecule has 0 rings (SSSR count). The SMILES string of the molecule is CNC[C@](F)(CS)NC[C@@](F)(CS)NC. The Labute approximate surface area is 101 Å². The molecule has 15 heavy (non-hydrogen) atoms. The highest BCUT2D eigenvalue weighted by molar-refractivity contribution is 7.80. The second kappa shape index (κ2) is 6.90. The third-order valence-corrected chi connectivity index (χ3v) is 3.09. The van der Waals surface area contributed by atoms with Crippen LogP contribution in [-0.2, 0) is 0 Å². The molecule has 0 spiro atoms. The lowest BCUT2D eigenvalue weighted by Crippen LogP contribution is -2.58. The molecule has 3 nitrogen and oxygen atoms in total. The molecule has 0 aliphatic carbocycles. The molecule has 0 fully saturated rings. The standard InChI is InChI=1S/C8H19F2N3S2/c1-11-3-8(10,6-15)13-4-7(9,5-14)12-2/h11-15H,3-6H2,1-2H3/t7-,8+/m0/s1. The predicted molar refractivity (Wildman–Crippen MR) is 66.4 cm³/mol. The number of hydrogen-bond donors (Lipinski definition) is 5. The number of halogens is 2. The summed E-state index contributed by atoms with van der Waals surface area (Å²) in [6.07, 6.45) is 0. The molecule has 0 aromatic heterocycles. The molecule has 2 atom stereocenters. The van der Waals surface area contributed by atoms with E-state index in [0.29, 0.717) is 0 Å². The van der Waals surface area contributed by atoms with Gasteiger partial charge in [-0.15, -0.1) is 0 Å². The minimum atomic E-state index is -1.71. The third kappa shape index (κ3) is 5.35. The van der Waals surface area contributed by atoms with Gasteiger partial charge < -0.3 is 5.32 Å². The highest BCUT2D eigenvalue weighted by Gasteiger charge is 2.32. The van der Waals surface area contributed by atoms with Gasteiger partial charge in [0.15, 0.2) is 11.6 Å². The summed E-state index contributed by atoms with van der Waals surface area (Å²) >= 11 is 7.74. The molecular weight excluding hydrogens is 240 g/mol. The Morgan fingerprint density at radius 1 is 1.00 bits per heavy atom. The maximum Gasteiger partial charge on any atom is 0.183 e. The molecule has 0 aliphatic heterocycles. The number of nitrogens with one attached hydrogen (secondary N) is 3. The fraction of sp³-hybridized carbons (Fsp3) is 1.00. The van der Waals surface area contributed by atoms with E-state index in [4.69, 9.17) is 0 Å².